The summed E-state index contributed by atoms with van der Waals surface area (Å²) in [6.45, 7) is 4.17. The third-order valence-corrected chi connectivity index (χ3v) is 1.41. The lowest BCUT2D eigenvalue weighted by atomic mass is 10.1. The molecule has 1 rings (SSSR count). The number of hydrogen-bond donors (Lipinski definition) is 1. The van der Waals surface area contributed by atoms with Crippen molar-refractivity contribution in [3.05, 3.63) is 0 Å². The second-order valence-corrected chi connectivity index (χ2v) is 2.60. The van der Waals surface area contributed by atoms with Gasteiger partial charge in [0.05, 0.1) is 13.2 Å². The van der Waals surface area contributed by atoms with E-state index in [0.29, 0.717) is 6.61 Å². The number of aliphatic hydroxyl groups excluding tert-OH is 1. The Hall–Kier alpha value is -0.120. The van der Waals surface area contributed by atoms with Gasteiger partial charge in [0.25, 0.3) is 0 Å². The first-order valence-corrected chi connectivity index (χ1v) is 3.06. The average Bonchev–Trinajstić information content (AvgIpc) is 2.13. The molecule has 0 radical (unpaired) electrons. The van der Waals surface area contributed by atoms with Crippen LogP contribution in [-0.2, 0) is 9.47 Å². The molecule has 2 atom stereocenters. The normalized spacial score (nSPS) is 43.7. The molecule has 1 fully saturated rings. The zero-order valence-electron chi connectivity index (χ0n) is 5.76. The average molecular weight is 132 g/mol. The lowest BCUT2D eigenvalue weighted by Gasteiger charge is -2.17. The molecule has 0 amide bonds. The SMILES string of the molecule is CC1OCC(C)(CO)O1. The van der Waals surface area contributed by atoms with Crippen LogP contribution in [-0.4, -0.2) is 30.2 Å². The van der Waals surface area contributed by atoms with Crippen LogP contribution < -0.4 is 0 Å². The maximum Gasteiger partial charge on any atom is 0.155 e. The van der Waals surface area contributed by atoms with Crippen molar-refractivity contribution in [2.24, 2.45) is 0 Å². The number of ether oxygens (including phenoxy) is 2. The maximum atomic E-state index is 8.74. The summed E-state index contributed by atoms with van der Waals surface area (Å²) in [7, 11) is 0. The van der Waals surface area contributed by atoms with E-state index in [4.69, 9.17) is 14.6 Å². The molecule has 0 aromatic heterocycles. The summed E-state index contributed by atoms with van der Waals surface area (Å²) in [6, 6.07) is 0. The zero-order valence-corrected chi connectivity index (χ0v) is 5.76. The molecule has 9 heavy (non-hydrogen) atoms. The Morgan fingerprint density at radius 1 is 1.78 bits per heavy atom. The fourth-order valence-corrected chi connectivity index (χ4v) is 0.845. The minimum absolute atomic E-state index is 0.0251. The first kappa shape index (κ1) is 6.99. The lowest BCUT2D eigenvalue weighted by molar-refractivity contribution is -0.0858. The monoisotopic (exact) mass is 132 g/mol. The van der Waals surface area contributed by atoms with E-state index >= 15 is 0 Å². The van der Waals surface area contributed by atoms with Crippen LogP contribution in [0.3, 0.4) is 0 Å². The molecule has 1 aliphatic heterocycles. The van der Waals surface area contributed by atoms with Crippen LogP contribution in [0, 0.1) is 0 Å². The molecule has 1 saturated heterocycles. The highest BCUT2D eigenvalue weighted by atomic mass is 16.7. The highest BCUT2D eigenvalue weighted by molar-refractivity contribution is 4.77. The van der Waals surface area contributed by atoms with Crippen LogP contribution in [0.1, 0.15) is 13.8 Å². The number of rotatable bonds is 1. The van der Waals surface area contributed by atoms with Crippen molar-refractivity contribution >= 4 is 0 Å². The van der Waals surface area contributed by atoms with Gasteiger partial charge in [0.15, 0.2) is 6.29 Å². The summed E-state index contributed by atoms with van der Waals surface area (Å²) in [5, 5.41) is 8.74. The third kappa shape index (κ3) is 1.41. The molecule has 1 N–H and O–H groups in total. The van der Waals surface area contributed by atoms with E-state index in [-0.39, 0.29) is 12.9 Å². The summed E-state index contributed by atoms with van der Waals surface area (Å²) in [4.78, 5) is 0. The smallest absolute Gasteiger partial charge is 0.155 e. The second kappa shape index (κ2) is 2.25. The summed E-state index contributed by atoms with van der Waals surface area (Å²) >= 11 is 0. The van der Waals surface area contributed by atoms with Crippen molar-refractivity contribution in [3.63, 3.8) is 0 Å². The van der Waals surface area contributed by atoms with E-state index in [1.807, 2.05) is 13.8 Å². The van der Waals surface area contributed by atoms with Gasteiger partial charge in [-0.25, -0.2) is 0 Å². The van der Waals surface area contributed by atoms with Crippen molar-refractivity contribution in [1.29, 1.82) is 0 Å². The summed E-state index contributed by atoms with van der Waals surface area (Å²) in [5.74, 6) is 0. The molecular formula is C6H12O3. The fraction of sp³-hybridized carbons (Fsp3) is 1.00. The Bertz CT molecular complexity index is 104. The molecule has 0 bridgehead atoms. The van der Waals surface area contributed by atoms with E-state index in [2.05, 4.69) is 0 Å². The quantitative estimate of drug-likeness (QED) is 0.551. The van der Waals surface area contributed by atoms with Gasteiger partial charge in [-0.05, 0) is 13.8 Å². The van der Waals surface area contributed by atoms with Gasteiger partial charge in [-0.15, -0.1) is 0 Å². The van der Waals surface area contributed by atoms with Crippen LogP contribution in [0.2, 0.25) is 0 Å². The Labute approximate surface area is 54.6 Å². The number of hydrogen-bond acceptors (Lipinski definition) is 3. The molecule has 54 valence electrons. The van der Waals surface area contributed by atoms with Crippen molar-refractivity contribution < 1.29 is 14.6 Å². The van der Waals surface area contributed by atoms with E-state index in [1.165, 1.54) is 0 Å². The Balaban J connectivity index is 2.45. The highest BCUT2D eigenvalue weighted by Crippen LogP contribution is 2.21. The Morgan fingerprint density at radius 3 is 2.67 bits per heavy atom. The molecule has 0 aliphatic carbocycles. The van der Waals surface area contributed by atoms with E-state index in [9.17, 15) is 0 Å². The van der Waals surface area contributed by atoms with Crippen LogP contribution in [0.4, 0.5) is 0 Å². The van der Waals surface area contributed by atoms with E-state index in [1.54, 1.807) is 0 Å². The van der Waals surface area contributed by atoms with Crippen molar-refractivity contribution in [3.8, 4) is 0 Å². The summed E-state index contributed by atoms with van der Waals surface area (Å²) < 4.78 is 10.3. The van der Waals surface area contributed by atoms with Crippen molar-refractivity contribution in [2.75, 3.05) is 13.2 Å². The minimum atomic E-state index is -0.459. The fourth-order valence-electron chi connectivity index (χ4n) is 0.845. The zero-order chi connectivity index (χ0) is 6.91. The first-order valence-electron chi connectivity index (χ1n) is 3.06. The van der Waals surface area contributed by atoms with Crippen LogP contribution in [0.15, 0.2) is 0 Å². The van der Waals surface area contributed by atoms with Crippen LogP contribution in [0.25, 0.3) is 0 Å². The van der Waals surface area contributed by atoms with Gasteiger partial charge in [0.1, 0.15) is 5.60 Å². The maximum absolute atomic E-state index is 8.74. The molecule has 1 aliphatic rings. The standard InChI is InChI=1S/C6H12O3/c1-5-8-4-6(2,3-7)9-5/h5,7H,3-4H2,1-2H3. The second-order valence-electron chi connectivity index (χ2n) is 2.60. The van der Waals surface area contributed by atoms with Gasteiger partial charge in [-0.1, -0.05) is 0 Å². The minimum Gasteiger partial charge on any atom is -0.393 e. The van der Waals surface area contributed by atoms with Crippen molar-refractivity contribution in [1.82, 2.24) is 0 Å². The van der Waals surface area contributed by atoms with Crippen LogP contribution in [0.5, 0.6) is 0 Å². The number of aliphatic hydroxyl groups is 1. The molecule has 0 spiro atoms. The van der Waals surface area contributed by atoms with Gasteiger partial charge in [-0.2, -0.15) is 0 Å². The lowest BCUT2D eigenvalue weighted by Crippen LogP contribution is -2.32. The topological polar surface area (TPSA) is 38.7 Å². The summed E-state index contributed by atoms with van der Waals surface area (Å²) in [5.41, 5.74) is -0.459. The Kier molecular flexibility index (Phi) is 1.75. The van der Waals surface area contributed by atoms with Crippen LogP contribution >= 0.6 is 0 Å². The molecule has 0 aromatic rings. The Morgan fingerprint density at radius 2 is 2.44 bits per heavy atom. The predicted molar refractivity (Wildman–Crippen MR) is 32.0 cm³/mol. The molecule has 1 heterocycles. The highest BCUT2D eigenvalue weighted by Gasteiger charge is 2.33. The summed E-state index contributed by atoms with van der Waals surface area (Å²) in [6.07, 6.45) is -0.165. The third-order valence-electron chi connectivity index (χ3n) is 1.41. The molecule has 3 nitrogen and oxygen atoms in total. The predicted octanol–water partition coefficient (Wildman–Crippen LogP) is 0.130. The van der Waals surface area contributed by atoms with Gasteiger partial charge in [0.2, 0.25) is 0 Å². The molecular weight excluding hydrogens is 120 g/mol. The molecule has 0 saturated carbocycles. The van der Waals surface area contributed by atoms with E-state index in [0.717, 1.165) is 0 Å². The molecule has 3 heteroatoms. The van der Waals surface area contributed by atoms with Crippen molar-refractivity contribution in [2.45, 2.75) is 25.7 Å². The van der Waals surface area contributed by atoms with Gasteiger partial charge < -0.3 is 14.6 Å². The van der Waals surface area contributed by atoms with Gasteiger partial charge in [-0.3, -0.25) is 0 Å². The van der Waals surface area contributed by atoms with Gasteiger partial charge in [0, 0.05) is 0 Å². The molecule has 0 aromatic carbocycles. The van der Waals surface area contributed by atoms with Gasteiger partial charge >= 0.3 is 0 Å². The van der Waals surface area contributed by atoms with E-state index < -0.39 is 5.60 Å². The largest absolute Gasteiger partial charge is 0.393 e. The molecule has 2 unspecified atom stereocenters. The first-order chi connectivity index (χ1) is 4.16.